The SMILES string of the molecule is CO[C@H]1C[C@@H](CN(C)C(=O)C2(C(=O)N(C)C[C@@H]3C[C@H](OC)CN3C)CCC2)N(C)C1. The fourth-order valence-electron chi connectivity index (χ4n) is 5.40. The van der Waals surface area contributed by atoms with Gasteiger partial charge in [0.15, 0.2) is 0 Å². The van der Waals surface area contributed by atoms with Crippen molar-refractivity contribution in [3.05, 3.63) is 0 Å². The van der Waals surface area contributed by atoms with Crippen LogP contribution in [0, 0.1) is 5.41 Å². The van der Waals surface area contributed by atoms with Crippen molar-refractivity contribution in [3.63, 3.8) is 0 Å². The lowest BCUT2D eigenvalue weighted by Crippen LogP contribution is -2.58. The molecule has 2 aliphatic heterocycles. The zero-order chi connectivity index (χ0) is 22.1. The van der Waals surface area contributed by atoms with E-state index in [-0.39, 0.29) is 36.1 Å². The second kappa shape index (κ2) is 9.51. The fourth-order valence-corrected chi connectivity index (χ4v) is 5.40. The van der Waals surface area contributed by atoms with Gasteiger partial charge in [0.05, 0.1) is 12.2 Å². The van der Waals surface area contributed by atoms with Crippen LogP contribution in [0.1, 0.15) is 32.1 Å². The molecule has 1 saturated carbocycles. The average molecular weight is 425 g/mol. The maximum atomic E-state index is 13.4. The molecule has 0 N–H and O–H groups in total. The summed E-state index contributed by atoms with van der Waals surface area (Å²) in [5.41, 5.74) is -0.876. The summed E-state index contributed by atoms with van der Waals surface area (Å²) in [4.78, 5) is 34.9. The van der Waals surface area contributed by atoms with E-state index in [9.17, 15) is 9.59 Å². The monoisotopic (exact) mass is 424 g/mol. The Hall–Kier alpha value is -1.22. The smallest absolute Gasteiger partial charge is 0.238 e. The molecule has 8 nitrogen and oxygen atoms in total. The highest BCUT2D eigenvalue weighted by Crippen LogP contribution is 2.44. The number of methoxy groups -OCH3 is 2. The first-order chi connectivity index (χ1) is 14.2. The number of hydrogen-bond donors (Lipinski definition) is 0. The maximum absolute atomic E-state index is 13.4. The van der Waals surface area contributed by atoms with Crippen LogP contribution in [0.4, 0.5) is 0 Å². The minimum absolute atomic E-state index is 0.0191. The summed E-state index contributed by atoms with van der Waals surface area (Å²) in [5, 5.41) is 0. The van der Waals surface area contributed by atoms with Crippen LogP contribution in [-0.2, 0) is 19.1 Å². The molecule has 0 unspecified atom stereocenters. The van der Waals surface area contributed by atoms with E-state index in [1.54, 1.807) is 24.0 Å². The van der Waals surface area contributed by atoms with Crippen molar-refractivity contribution in [2.75, 3.05) is 68.6 Å². The Morgan fingerprint density at radius 1 is 0.867 bits per heavy atom. The summed E-state index contributed by atoms with van der Waals surface area (Å²) < 4.78 is 11.0. The number of carbonyl (C=O) groups is 2. The van der Waals surface area contributed by atoms with Crippen molar-refractivity contribution >= 4 is 11.8 Å². The topological polar surface area (TPSA) is 65.6 Å². The second-order valence-electron chi connectivity index (χ2n) is 9.68. The molecule has 2 heterocycles. The third-order valence-corrected chi connectivity index (χ3v) is 7.66. The molecule has 172 valence electrons. The molecular formula is C22H40N4O4. The molecular weight excluding hydrogens is 384 g/mol. The third-order valence-electron chi connectivity index (χ3n) is 7.66. The normalized spacial score (nSPS) is 31.5. The van der Waals surface area contributed by atoms with Crippen molar-refractivity contribution in [1.82, 2.24) is 19.6 Å². The Morgan fingerprint density at radius 2 is 1.27 bits per heavy atom. The van der Waals surface area contributed by atoms with E-state index in [1.807, 2.05) is 14.1 Å². The van der Waals surface area contributed by atoms with Crippen LogP contribution < -0.4 is 0 Å². The number of ether oxygens (including phenoxy) is 2. The van der Waals surface area contributed by atoms with Crippen LogP contribution in [0.3, 0.4) is 0 Å². The molecule has 3 aliphatic rings. The van der Waals surface area contributed by atoms with E-state index >= 15 is 0 Å². The first-order valence-corrected chi connectivity index (χ1v) is 11.2. The van der Waals surface area contributed by atoms with Crippen LogP contribution in [0.25, 0.3) is 0 Å². The van der Waals surface area contributed by atoms with E-state index in [0.717, 1.165) is 32.4 Å². The summed E-state index contributed by atoms with van der Waals surface area (Å²) >= 11 is 0. The number of nitrogens with zero attached hydrogens (tertiary/aromatic N) is 4. The average Bonchev–Trinajstić information content (AvgIpc) is 3.22. The highest BCUT2D eigenvalue weighted by atomic mass is 16.5. The predicted molar refractivity (Wildman–Crippen MR) is 115 cm³/mol. The molecule has 2 amide bonds. The Labute approximate surface area is 181 Å². The van der Waals surface area contributed by atoms with Gasteiger partial charge in [-0.25, -0.2) is 0 Å². The number of amides is 2. The lowest BCUT2D eigenvalue weighted by Gasteiger charge is -2.44. The van der Waals surface area contributed by atoms with E-state index < -0.39 is 5.41 Å². The van der Waals surface area contributed by atoms with Crippen molar-refractivity contribution in [2.24, 2.45) is 5.41 Å². The molecule has 2 saturated heterocycles. The Balaban J connectivity index is 1.61. The van der Waals surface area contributed by atoms with Crippen molar-refractivity contribution in [1.29, 1.82) is 0 Å². The minimum Gasteiger partial charge on any atom is -0.380 e. The van der Waals surface area contributed by atoms with Crippen LogP contribution in [0.2, 0.25) is 0 Å². The summed E-state index contributed by atoms with van der Waals surface area (Å²) in [6.07, 6.45) is 4.51. The van der Waals surface area contributed by atoms with E-state index in [4.69, 9.17) is 9.47 Å². The van der Waals surface area contributed by atoms with Gasteiger partial charge in [-0.2, -0.15) is 0 Å². The lowest BCUT2D eigenvalue weighted by atomic mass is 9.66. The fraction of sp³-hybridized carbons (Fsp3) is 0.909. The van der Waals surface area contributed by atoms with E-state index in [1.165, 1.54) is 0 Å². The van der Waals surface area contributed by atoms with E-state index in [2.05, 4.69) is 23.9 Å². The van der Waals surface area contributed by atoms with Gasteiger partial charge in [-0.3, -0.25) is 19.4 Å². The number of likely N-dealkylation sites (N-methyl/N-ethyl adjacent to an activating group) is 4. The standard InChI is InChI=1S/C22H40N4O4/c1-23-14-18(29-5)10-16(23)12-25(3)20(27)22(8-7-9-22)21(28)26(4)13-17-11-19(30-6)15-24(17)2/h16-19H,7-15H2,1-6H3/t16-,17-,18-,19-/m0/s1. The zero-order valence-corrected chi connectivity index (χ0v) is 19.6. The molecule has 0 aromatic heterocycles. The molecule has 0 radical (unpaired) electrons. The molecule has 0 bridgehead atoms. The van der Waals surface area contributed by atoms with Crippen LogP contribution in [0.5, 0.6) is 0 Å². The molecule has 1 aliphatic carbocycles. The summed E-state index contributed by atoms with van der Waals surface area (Å²) in [7, 11) is 11.3. The van der Waals surface area contributed by atoms with Gasteiger partial charge >= 0.3 is 0 Å². The van der Waals surface area contributed by atoms with Gasteiger partial charge in [-0.1, -0.05) is 6.42 Å². The van der Waals surface area contributed by atoms with E-state index in [0.29, 0.717) is 25.9 Å². The second-order valence-corrected chi connectivity index (χ2v) is 9.68. The molecule has 3 rings (SSSR count). The van der Waals surface area contributed by atoms with Gasteiger partial charge in [0.25, 0.3) is 0 Å². The predicted octanol–water partition coefficient (Wildman–Crippen LogP) is 0.512. The summed E-state index contributed by atoms with van der Waals surface area (Å²) in [5.74, 6) is -0.0381. The Kier molecular flexibility index (Phi) is 7.43. The molecule has 0 aromatic carbocycles. The third kappa shape index (κ3) is 4.52. The molecule has 0 aromatic rings. The van der Waals surface area contributed by atoms with Crippen LogP contribution in [-0.4, -0.2) is 124 Å². The summed E-state index contributed by atoms with van der Waals surface area (Å²) in [6.45, 7) is 3.03. The van der Waals surface area contributed by atoms with Gasteiger partial charge in [-0.15, -0.1) is 0 Å². The Bertz CT molecular complexity index is 578. The van der Waals surface area contributed by atoms with Crippen molar-refractivity contribution < 1.29 is 19.1 Å². The first kappa shape index (κ1) is 23.4. The largest absolute Gasteiger partial charge is 0.380 e. The lowest BCUT2D eigenvalue weighted by molar-refractivity contribution is -0.162. The van der Waals surface area contributed by atoms with Crippen LogP contribution >= 0.6 is 0 Å². The molecule has 4 atom stereocenters. The van der Waals surface area contributed by atoms with Gasteiger partial charge in [0.2, 0.25) is 11.8 Å². The van der Waals surface area contributed by atoms with Gasteiger partial charge < -0.3 is 19.3 Å². The molecule has 30 heavy (non-hydrogen) atoms. The number of hydrogen-bond acceptors (Lipinski definition) is 6. The maximum Gasteiger partial charge on any atom is 0.238 e. The number of rotatable bonds is 8. The summed E-state index contributed by atoms with van der Waals surface area (Å²) in [6, 6.07) is 0.541. The first-order valence-electron chi connectivity index (χ1n) is 11.2. The molecule has 8 heteroatoms. The highest BCUT2D eigenvalue weighted by Gasteiger charge is 2.53. The molecule has 3 fully saturated rings. The zero-order valence-electron chi connectivity index (χ0n) is 19.6. The van der Waals surface area contributed by atoms with Crippen LogP contribution in [0.15, 0.2) is 0 Å². The van der Waals surface area contributed by atoms with Gasteiger partial charge in [-0.05, 0) is 39.8 Å². The number of likely N-dealkylation sites (tertiary alicyclic amines) is 2. The van der Waals surface area contributed by atoms with Crippen molar-refractivity contribution in [2.45, 2.75) is 56.4 Å². The van der Waals surface area contributed by atoms with Gasteiger partial charge in [0, 0.05) is 66.6 Å². The quantitative estimate of drug-likeness (QED) is 0.529. The van der Waals surface area contributed by atoms with Gasteiger partial charge in [0.1, 0.15) is 5.41 Å². The molecule has 0 spiro atoms. The number of carbonyl (C=O) groups excluding carboxylic acids is 2. The minimum atomic E-state index is -0.876. The van der Waals surface area contributed by atoms with Crippen molar-refractivity contribution in [3.8, 4) is 0 Å². The highest BCUT2D eigenvalue weighted by molar-refractivity contribution is 6.05. The Morgan fingerprint density at radius 3 is 1.53 bits per heavy atom.